The zero-order chi connectivity index (χ0) is 14.0. The number of pyridine rings is 1. The van der Waals surface area contributed by atoms with Gasteiger partial charge in [-0.25, -0.2) is 4.98 Å². The van der Waals surface area contributed by atoms with Crippen LogP contribution in [0.15, 0.2) is 57.4 Å². The number of benzene rings is 2. The monoisotopic (exact) mass is 273 g/mol. The van der Waals surface area contributed by atoms with E-state index in [1.165, 1.54) is 0 Å². The summed E-state index contributed by atoms with van der Waals surface area (Å²) in [7, 11) is 0. The van der Waals surface area contributed by atoms with E-state index >= 15 is 0 Å². The first-order valence-electron chi connectivity index (χ1n) is 6.92. The van der Waals surface area contributed by atoms with Crippen LogP contribution in [0.4, 0.5) is 0 Å². The van der Waals surface area contributed by atoms with Crippen molar-refractivity contribution in [3.63, 3.8) is 0 Å². The van der Waals surface area contributed by atoms with E-state index in [1.807, 2.05) is 42.5 Å². The van der Waals surface area contributed by atoms with Crippen molar-refractivity contribution in [1.82, 2.24) is 4.98 Å². The number of para-hydroxylation sites is 2. The van der Waals surface area contributed by atoms with Gasteiger partial charge in [0.25, 0.3) is 0 Å². The molecule has 0 spiro atoms. The Bertz CT molecular complexity index is 1140. The summed E-state index contributed by atoms with van der Waals surface area (Å²) in [4.78, 5) is 4.70. The van der Waals surface area contributed by atoms with E-state index in [-0.39, 0.29) is 0 Å². The Morgan fingerprint density at radius 2 is 1.48 bits per heavy atom. The fourth-order valence-corrected chi connectivity index (χ4v) is 3.09. The van der Waals surface area contributed by atoms with Crippen LogP contribution in [0.5, 0.6) is 0 Å². The second-order valence-electron chi connectivity index (χ2n) is 5.29. The van der Waals surface area contributed by atoms with Gasteiger partial charge in [-0.15, -0.1) is 0 Å². The maximum Gasteiger partial charge on any atom is 0.228 e. The fraction of sp³-hybridized carbons (Fsp3) is 0.0556. The molecule has 0 aliphatic carbocycles. The zero-order valence-electron chi connectivity index (χ0n) is 11.4. The summed E-state index contributed by atoms with van der Waals surface area (Å²) in [6.45, 7) is 2.07. The minimum absolute atomic E-state index is 0.674. The average Bonchev–Trinajstić information content (AvgIpc) is 3.06. The van der Waals surface area contributed by atoms with Gasteiger partial charge in [-0.1, -0.05) is 30.3 Å². The number of aryl methyl sites for hydroxylation is 1. The summed E-state index contributed by atoms with van der Waals surface area (Å²) in [5.41, 5.74) is 5.19. The molecule has 0 fully saturated rings. The van der Waals surface area contributed by atoms with Crippen LogP contribution in [0, 0.1) is 6.92 Å². The van der Waals surface area contributed by atoms with Crippen molar-refractivity contribution in [3.05, 3.63) is 54.1 Å². The molecule has 3 heterocycles. The van der Waals surface area contributed by atoms with E-state index in [4.69, 9.17) is 13.8 Å². The van der Waals surface area contributed by atoms with E-state index in [0.717, 1.165) is 44.0 Å². The lowest BCUT2D eigenvalue weighted by Crippen LogP contribution is -1.81. The zero-order valence-corrected chi connectivity index (χ0v) is 11.4. The Hall–Kier alpha value is -2.81. The Balaban J connectivity index is 2.10. The molecule has 100 valence electrons. The van der Waals surface area contributed by atoms with Crippen molar-refractivity contribution < 1.29 is 8.83 Å². The number of nitrogens with zero attached hydrogens (tertiary/aromatic N) is 1. The highest BCUT2D eigenvalue weighted by atomic mass is 16.3. The molecule has 0 saturated carbocycles. The molecule has 0 atom stereocenters. The van der Waals surface area contributed by atoms with Crippen molar-refractivity contribution in [2.24, 2.45) is 0 Å². The van der Waals surface area contributed by atoms with Gasteiger partial charge in [0.2, 0.25) is 5.71 Å². The Kier molecular flexibility index (Phi) is 1.89. The molecular weight excluding hydrogens is 262 g/mol. The third-order valence-electron chi connectivity index (χ3n) is 4.08. The first-order chi connectivity index (χ1) is 10.3. The number of aromatic nitrogens is 1. The molecule has 0 aliphatic heterocycles. The molecule has 0 saturated heterocycles. The Morgan fingerprint density at radius 1 is 0.810 bits per heavy atom. The molecule has 0 radical (unpaired) electrons. The number of furan rings is 2. The SMILES string of the molecule is Cc1c2oc3ccccc3c2nc2oc3ccccc3c12. The van der Waals surface area contributed by atoms with Crippen LogP contribution in [0.1, 0.15) is 5.56 Å². The van der Waals surface area contributed by atoms with Crippen molar-refractivity contribution in [3.8, 4) is 0 Å². The highest BCUT2D eigenvalue weighted by Crippen LogP contribution is 2.37. The van der Waals surface area contributed by atoms with Crippen molar-refractivity contribution in [2.45, 2.75) is 6.92 Å². The second-order valence-corrected chi connectivity index (χ2v) is 5.29. The summed E-state index contributed by atoms with van der Waals surface area (Å²) < 4.78 is 11.9. The standard InChI is InChI=1S/C18H11NO2/c1-10-15-11-6-2-4-8-13(11)21-18(15)19-16-12-7-3-5-9-14(12)20-17(10)16/h2-9H,1H3. The topological polar surface area (TPSA) is 39.2 Å². The van der Waals surface area contributed by atoms with E-state index in [9.17, 15) is 0 Å². The van der Waals surface area contributed by atoms with Gasteiger partial charge < -0.3 is 8.83 Å². The maximum atomic E-state index is 6.01. The lowest BCUT2D eigenvalue weighted by atomic mass is 10.1. The molecule has 5 aromatic rings. The smallest absolute Gasteiger partial charge is 0.228 e. The molecule has 21 heavy (non-hydrogen) atoms. The van der Waals surface area contributed by atoms with E-state index in [2.05, 4.69) is 13.0 Å². The minimum atomic E-state index is 0.674. The van der Waals surface area contributed by atoms with Gasteiger partial charge in [0.15, 0.2) is 5.58 Å². The third-order valence-corrected chi connectivity index (χ3v) is 4.08. The van der Waals surface area contributed by atoms with Crippen molar-refractivity contribution in [1.29, 1.82) is 0 Å². The molecule has 2 aromatic carbocycles. The molecular formula is C18H11NO2. The van der Waals surface area contributed by atoms with Gasteiger partial charge in [0, 0.05) is 16.3 Å². The van der Waals surface area contributed by atoms with Crippen molar-refractivity contribution in [2.75, 3.05) is 0 Å². The Morgan fingerprint density at radius 3 is 2.29 bits per heavy atom. The molecule has 0 N–H and O–H groups in total. The quantitative estimate of drug-likeness (QED) is 0.390. The second kappa shape index (κ2) is 3.64. The van der Waals surface area contributed by atoms with Crippen LogP contribution in [-0.2, 0) is 0 Å². The van der Waals surface area contributed by atoms with Gasteiger partial charge in [-0.05, 0) is 25.1 Å². The van der Waals surface area contributed by atoms with Gasteiger partial charge in [0.05, 0.1) is 5.39 Å². The predicted octanol–water partition coefficient (Wildman–Crippen LogP) is 5.19. The number of fused-ring (bicyclic) bond motifs is 6. The fourth-order valence-electron chi connectivity index (χ4n) is 3.09. The van der Waals surface area contributed by atoms with Crippen molar-refractivity contribution >= 4 is 44.1 Å². The Labute approximate surface area is 119 Å². The van der Waals surface area contributed by atoms with Gasteiger partial charge in [-0.3, -0.25) is 0 Å². The highest BCUT2D eigenvalue weighted by molar-refractivity contribution is 6.13. The van der Waals surface area contributed by atoms with Crippen LogP contribution in [-0.4, -0.2) is 4.98 Å². The molecule has 0 bridgehead atoms. The maximum absolute atomic E-state index is 6.01. The van der Waals surface area contributed by atoms with Crippen LogP contribution in [0.25, 0.3) is 44.1 Å². The molecule has 0 unspecified atom stereocenters. The predicted molar refractivity (Wildman–Crippen MR) is 83.5 cm³/mol. The average molecular weight is 273 g/mol. The molecule has 0 aliphatic rings. The lowest BCUT2D eigenvalue weighted by molar-refractivity contribution is 0.651. The van der Waals surface area contributed by atoms with E-state index < -0.39 is 0 Å². The third kappa shape index (κ3) is 1.30. The van der Waals surface area contributed by atoms with Gasteiger partial charge in [-0.2, -0.15) is 0 Å². The lowest BCUT2D eigenvalue weighted by Gasteiger charge is -1.96. The highest BCUT2D eigenvalue weighted by Gasteiger charge is 2.17. The van der Waals surface area contributed by atoms with Crippen LogP contribution in [0.3, 0.4) is 0 Å². The molecule has 3 nitrogen and oxygen atoms in total. The first-order valence-corrected chi connectivity index (χ1v) is 6.92. The van der Waals surface area contributed by atoms with Crippen LogP contribution < -0.4 is 0 Å². The largest absolute Gasteiger partial charge is 0.454 e. The number of rotatable bonds is 0. The first kappa shape index (κ1) is 10.9. The number of hydrogen-bond donors (Lipinski definition) is 0. The van der Waals surface area contributed by atoms with Gasteiger partial charge in [0.1, 0.15) is 16.7 Å². The van der Waals surface area contributed by atoms with Crippen LogP contribution >= 0.6 is 0 Å². The van der Waals surface area contributed by atoms with E-state index in [0.29, 0.717) is 5.71 Å². The minimum Gasteiger partial charge on any atom is -0.454 e. The van der Waals surface area contributed by atoms with Crippen LogP contribution in [0.2, 0.25) is 0 Å². The number of hydrogen-bond acceptors (Lipinski definition) is 3. The van der Waals surface area contributed by atoms with E-state index in [1.54, 1.807) is 0 Å². The molecule has 5 rings (SSSR count). The summed E-state index contributed by atoms with van der Waals surface area (Å²) >= 11 is 0. The molecule has 0 amide bonds. The summed E-state index contributed by atoms with van der Waals surface area (Å²) in [5, 5.41) is 3.15. The summed E-state index contributed by atoms with van der Waals surface area (Å²) in [5.74, 6) is 0. The summed E-state index contributed by atoms with van der Waals surface area (Å²) in [6.07, 6.45) is 0. The summed E-state index contributed by atoms with van der Waals surface area (Å²) in [6, 6.07) is 16.0. The molecule has 3 heteroatoms. The normalized spacial score (nSPS) is 12.0. The molecule has 3 aromatic heterocycles. The van der Waals surface area contributed by atoms with Gasteiger partial charge >= 0.3 is 0 Å².